The van der Waals surface area contributed by atoms with Crippen LogP contribution in [0.15, 0.2) is 48.7 Å². The maximum Gasteiger partial charge on any atom is 0.323 e. The summed E-state index contributed by atoms with van der Waals surface area (Å²) in [6, 6.07) is 10.5. The van der Waals surface area contributed by atoms with Crippen LogP contribution in [-0.4, -0.2) is 39.5 Å². The number of halogens is 1. The summed E-state index contributed by atoms with van der Waals surface area (Å²) in [5.41, 5.74) is 4.72. The molecule has 7 nitrogen and oxygen atoms in total. The van der Waals surface area contributed by atoms with Crippen molar-refractivity contribution in [2.75, 3.05) is 11.9 Å². The summed E-state index contributed by atoms with van der Waals surface area (Å²) in [5.74, 6) is -0.390. The van der Waals surface area contributed by atoms with E-state index in [-0.39, 0.29) is 18.8 Å². The zero-order valence-electron chi connectivity index (χ0n) is 13.2. The predicted octanol–water partition coefficient (Wildman–Crippen LogP) is 1.71. The Bertz CT molecular complexity index is 784. The number of amides is 3. The Hall–Kier alpha value is -2.64. The van der Waals surface area contributed by atoms with E-state index in [0.717, 1.165) is 0 Å². The molecule has 130 valence electrons. The highest BCUT2D eigenvalue weighted by Crippen LogP contribution is 2.36. The van der Waals surface area contributed by atoms with Gasteiger partial charge in [0.2, 0.25) is 5.91 Å². The molecule has 0 saturated carbocycles. The number of carbonyl (C=O) groups is 2. The normalized spacial score (nSPS) is 22.6. The van der Waals surface area contributed by atoms with Crippen LogP contribution in [0, 0.1) is 0 Å². The third kappa shape index (κ3) is 3.57. The number of aliphatic hydroxyl groups is 1. The highest BCUT2D eigenvalue weighted by molar-refractivity contribution is 6.30. The Morgan fingerprint density at radius 1 is 1.28 bits per heavy atom. The van der Waals surface area contributed by atoms with Crippen LogP contribution in [0.25, 0.3) is 0 Å². The first-order chi connectivity index (χ1) is 11.9. The Balaban J connectivity index is 1.82. The van der Waals surface area contributed by atoms with E-state index in [9.17, 15) is 14.7 Å². The lowest BCUT2D eigenvalue weighted by Gasteiger charge is -2.24. The second-order valence-corrected chi connectivity index (χ2v) is 6.38. The molecule has 2 aromatic rings. The molecule has 0 bridgehead atoms. The number of likely N-dealkylation sites (tertiary alicyclic amines) is 1. The van der Waals surface area contributed by atoms with Gasteiger partial charge in [0.25, 0.3) is 0 Å². The fourth-order valence-electron chi connectivity index (χ4n) is 2.94. The number of nitrogens with two attached hydrogens (primary N) is 1. The van der Waals surface area contributed by atoms with Gasteiger partial charge in [0.05, 0.1) is 11.6 Å². The zero-order valence-corrected chi connectivity index (χ0v) is 14.0. The second kappa shape index (κ2) is 6.70. The molecule has 0 spiro atoms. The van der Waals surface area contributed by atoms with Gasteiger partial charge in [-0.3, -0.25) is 10.1 Å². The summed E-state index contributed by atoms with van der Waals surface area (Å²) < 4.78 is 0. The first kappa shape index (κ1) is 17.2. The van der Waals surface area contributed by atoms with Crippen LogP contribution < -0.4 is 11.1 Å². The van der Waals surface area contributed by atoms with E-state index >= 15 is 0 Å². The van der Waals surface area contributed by atoms with Crippen molar-refractivity contribution in [3.05, 3.63) is 59.2 Å². The van der Waals surface area contributed by atoms with Crippen molar-refractivity contribution in [3.63, 3.8) is 0 Å². The number of benzene rings is 1. The monoisotopic (exact) mass is 360 g/mol. The number of carbonyl (C=O) groups excluding carboxylic acids is 2. The van der Waals surface area contributed by atoms with Gasteiger partial charge in [0, 0.05) is 12.6 Å². The third-order valence-corrected chi connectivity index (χ3v) is 4.43. The topological polar surface area (TPSA) is 109 Å². The van der Waals surface area contributed by atoms with Crippen LogP contribution in [0.5, 0.6) is 0 Å². The van der Waals surface area contributed by atoms with Crippen LogP contribution in [0.1, 0.15) is 12.0 Å². The number of anilines is 1. The lowest BCUT2D eigenvalue weighted by atomic mass is 9.91. The summed E-state index contributed by atoms with van der Waals surface area (Å²) in [6.45, 7) is -0.0515. The minimum atomic E-state index is -1.34. The first-order valence-electron chi connectivity index (χ1n) is 7.65. The molecule has 0 radical (unpaired) electrons. The predicted molar refractivity (Wildman–Crippen MR) is 92.9 cm³/mol. The summed E-state index contributed by atoms with van der Waals surface area (Å²) in [6.07, 6.45) is 1.43. The van der Waals surface area contributed by atoms with E-state index in [0.29, 0.717) is 10.6 Å². The molecule has 3 rings (SSSR count). The largest absolute Gasteiger partial charge is 0.383 e. The second-order valence-electron chi connectivity index (χ2n) is 5.94. The van der Waals surface area contributed by atoms with E-state index in [4.69, 9.17) is 17.3 Å². The number of primary amides is 1. The summed E-state index contributed by atoms with van der Waals surface area (Å²) in [5, 5.41) is 14.0. The molecular formula is C17H17ClN4O3. The summed E-state index contributed by atoms with van der Waals surface area (Å²) >= 11 is 5.77. The molecular weight excluding hydrogens is 344 g/mol. The summed E-state index contributed by atoms with van der Waals surface area (Å²) in [4.78, 5) is 29.6. The molecule has 0 aliphatic carbocycles. The van der Waals surface area contributed by atoms with Crippen molar-refractivity contribution in [1.29, 1.82) is 0 Å². The number of nitrogens with one attached hydrogen (secondary N) is 1. The number of rotatable bonds is 3. The molecule has 1 aliphatic rings. The number of hydrogen-bond acceptors (Lipinski definition) is 4. The van der Waals surface area contributed by atoms with Gasteiger partial charge < -0.3 is 15.7 Å². The Morgan fingerprint density at radius 2 is 2.00 bits per heavy atom. The smallest absolute Gasteiger partial charge is 0.323 e. The van der Waals surface area contributed by atoms with Crippen LogP contribution in [0.4, 0.5) is 10.6 Å². The maximum atomic E-state index is 12.6. The van der Waals surface area contributed by atoms with Crippen molar-refractivity contribution in [1.82, 2.24) is 9.88 Å². The highest BCUT2D eigenvalue weighted by Gasteiger charge is 2.48. The lowest BCUT2D eigenvalue weighted by Crippen LogP contribution is -2.45. The van der Waals surface area contributed by atoms with Gasteiger partial charge in [0.15, 0.2) is 0 Å². The maximum absolute atomic E-state index is 12.6. The van der Waals surface area contributed by atoms with Gasteiger partial charge in [-0.25, -0.2) is 9.78 Å². The van der Waals surface area contributed by atoms with Crippen molar-refractivity contribution in [2.24, 2.45) is 5.73 Å². The van der Waals surface area contributed by atoms with Crippen molar-refractivity contribution in [3.8, 4) is 0 Å². The van der Waals surface area contributed by atoms with E-state index in [1.165, 1.54) is 11.1 Å². The molecule has 25 heavy (non-hydrogen) atoms. The highest BCUT2D eigenvalue weighted by atomic mass is 35.5. The molecule has 3 amide bonds. The van der Waals surface area contributed by atoms with E-state index in [1.807, 2.05) is 6.07 Å². The zero-order chi connectivity index (χ0) is 18.0. The van der Waals surface area contributed by atoms with E-state index in [2.05, 4.69) is 10.3 Å². The summed E-state index contributed by atoms with van der Waals surface area (Å²) in [7, 11) is 0. The van der Waals surface area contributed by atoms with Gasteiger partial charge in [-0.15, -0.1) is 0 Å². The fraction of sp³-hybridized carbons (Fsp3) is 0.235. The standard InChI is InChI=1S/C17H17ClN4O3/c18-12-6-7-14(20-9-12)21-16(24)22-10-17(25,8-13(22)15(19)23)11-4-2-1-3-5-11/h1-7,9,13,25H,8,10H2,(H2,19,23)(H,20,21,24). The number of pyridine rings is 1. The van der Waals surface area contributed by atoms with Gasteiger partial charge in [-0.05, 0) is 17.7 Å². The molecule has 2 atom stereocenters. The van der Waals surface area contributed by atoms with Gasteiger partial charge in [0.1, 0.15) is 17.5 Å². The minimum absolute atomic E-state index is 0.0355. The molecule has 2 unspecified atom stereocenters. The van der Waals surface area contributed by atoms with E-state index < -0.39 is 23.6 Å². The van der Waals surface area contributed by atoms with Gasteiger partial charge >= 0.3 is 6.03 Å². The van der Waals surface area contributed by atoms with Gasteiger partial charge in [-0.1, -0.05) is 41.9 Å². The van der Waals surface area contributed by atoms with Gasteiger partial charge in [-0.2, -0.15) is 0 Å². The van der Waals surface area contributed by atoms with Crippen molar-refractivity contribution in [2.45, 2.75) is 18.1 Å². The number of β-amino-alcohol motifs (C(OH)–C–C–N with tert-alkyl or cyclic N) is 1. The lowest BCUT2D eigenvalue weighted by molar-refractivity contribution is -0.121. The average Bonchev–Trinajstić information content (AvgIpc) is 2.97. The number of hydrogen-bond donors (Lipinski definition) is 3. The molecule has 2 heterocycles. The number of nitrogens with zero attached hydrogens (tertiary/aromatic N) is 2. The minimum Gasteiger partial charge on any atom is -0.383 e. The Labute approximate surface area is 149 Å². The molecule has 1 aromatic carbocycles. The number of aromatic nitrogens is 1. The van der Waals surface area contributed by atoms with Crippen LogP contribution >= 0.6 is 11.6 Å². The molecule has 4 N–H and O–H groups in total. The first-order valence-corrected chi connectivity index (χ1v) is 8.03. The van der Waals surface area contributed by atoms with Crippen LogP contribution in [0.3, 0.4) is 0 Å². The molecule has 8 heteroatoms. The van der Waals surface area contributed by atoms with Crippen LogP contribution in [-0.2, 0) is 10.4 Å². The molecule has 1 fully saturated rings. The average molecular weight is 361 g/mol. The number of urea groups is 1. The van der Waals surface area contributed by atoms with Crippen LogP contribution in [0.2, 0.25) is 5.02 Å². The molecule has 1 aromatic heterocycles. The fourth-order valence-corrected chi connectivity index (χ4v) is 3.05. The Kier molecular flexibility index (Phi) is 4.61. The SMILES string of the molecule is NC(=O)C1CC(O)(c2ccccc2)CN1C(=O)Nc1ccc(Cl)cn1. The molecule has 1 saturated heterocycles. The van der Waals surface area contributed by atoms with E-state index in [1.54, 1.807) is 36.4 Å². The quantitative estimate of drug-likeness (QED) is 0.774. The third-order valence-electron chi connectivity index (χ3n) is 4.20. The van der Waals surface area contributed by atoms with Crippen molar-refractivity contribution < 1.29 is 14.7 Å². The Morgan fingerprint density at radius 3 is 2.60 bits per heavy atom. The van der Waals surface area contributed by atoms with Crippen molar-refractivity contribution >= 4 is 29.4 Å². The molecule has 1 aliphatic heterocycles.